The molecule has 0 bridgehead atoms. The molecule has 0 saturated carbocycles. The summed E-state index contributed by atoms with van der Waals surface area (Å²) in [5.41, 5.74) is 1.28. The van der Waals surface area contributed by atoms with Crippen molar-refractivity contribution in [1.82, 2.24) is 10.2 Å². The Hall–Kier alpha value is -0.0900. The first-order valence-electron chi connectivity index (χ1n) is 5.59. The van der Waals surface area contributed by atoms with Gasteiger partial charge in [-0.3, -0.25) is 4.90 Å². The van der Waals surface area contributed by atoms with Crippen LogP contribution < -0.4 is 5.32 Å². The Bertz CT molecular complexity index is 366. The molecular weight excluding hydrogens is 288 g/mol. The van der Waals surface area contributed by atoms with Crippen molar-refractivity contribution < 1.29 is 0 Å². The van der Waals surface area contributed by atoms with E-state index in [-0.39, 0.29) is 0 Å². The molecule has 4 heteroatoms. The van der Waals surface area contributed by atoms with Crippen molar-refractivity contribution in [3.05, 3.63) is 33.3 Å². The monoisotopic (exact) mass is 302 g/mol. The third-order valence-electron chi connectivity index (χ3n) is 3.05. The molecule has 1 saturated heterocycles. The number of nitrogens with one attached hydrogen (secondary N) is 1. The Labute approximate surface area is 110 Å². The highest BCUT2D eigenvalue weighted by Gasteiger charge is 2.23. The van der Waals surface area contributed by atoms with Crippen LogP contribution in [0.4, 0.5) is 0 Å². The van der Waals surface area contributed by atoms with E-state index in [2.05, 4.69) is 39.1 Å². The third-order valence-corrected chi connectivity index (χ3v) is 4.28. The van der Waals surface area contributed by atoms with Crippen molar-refractivity contribution in [2.24, 2.45) is 0 Å². The van der Waals surface area contributed by atoms with Gasteiger partial charge in [0.1, 0.15) is 0 Å². The Morgan fingerprint density at radius 3 is 2.75 bits per heavy atom. The second-order valence-corrected chi connectivity index (χ2v) is 5.39. The van der Waals surface area contributed by atoms with E-state index >= 15 is 0 Å². The maximum absolute atomic E-state index is 6.09. The summed E-state index contributed by atoms with van der Waals surface area (Å²) in [5, 5.41) is 4.10. The second-order valence-electron chi connectivity index (χ2n) is 4.12. The van der Waals surface area contributed by atoms with Crippen LogP contribution in [0.3, 0.4) is 0 Å². The minimum atomic E-state index is 0.687. The Morgan fingerprint density at radius 2 is 2.25 bits per heavy atom. The minimum absolute atomic E-state index is 0.687. The van der Waals surface area contributed by atoms with Crippen molar-refractivity contribution in [3.63, 3.8) is 0 Å². The van der Waals surface area contributed by atoms with E-state index in [9.17, 15) is 0 Å². The van der Waals surface area contributed by atoms with Gasteiger partial charge in [0, 0.05) is 30.1 Å². The van der Waals surface area contributed by atoms with Crippen molar-refractivity contribution in [3.8, 4) is 0 Å². The zero-order chi connectivity index (χ0) is 11.5. The molecule has 1 heterocycles. The zero-order valence-corrected chi connectivity index (χ0v) is 11.7. The van der Waals surface area contributed by atoms with Crippen molar-refractivity contribution in [2.45, 2.75) is 19.5 Å². The summed E-state index contributed by atoms with van der Waals surface area (Å²) in [4.78, 5) is 2.48. The largest absolute Gasteiger partial charge is 0.314 e. The highest BCUT2D eigenvalue weighted by atomic mass is 79.9. The van der Waals surface area contributed by atoms with Gasteiger partial charge in [-0.25, -0.2) is 0 Å². The first-order valence-corrected chi connectivity index (χ1v) is 6.76. The van der Waals surface area contributed by atoms with Crippen LogP contribution in [0, 0.1) is 0 Å². The summed E-state index contributed by atoms with van der Waals surface area (Å²) in [7, 11) is 0. The second kappa shape index (κ2) is 5.50. The molecule has 0 aromatic heterocycles. The molecule has 0 aliphatic carbocycles. The molecular formula is C12H16BrClN2. The van der Waals surface area contributed by atoms with E-state index in [1.807, 2.05) is 12.1 Å². The highest BCUT2D eigenvalue weighted by molar-refractivity contribution is 9.10. The number of hydrogen-bond acceptors (Lipinski definition) is 2. The standard InChI is InChI=1S/C12H16BrClN2/c1-2-16(10-6-15-7-10)8-9-3-4-11(13)12(14)5-9/h3-5,10,15H,2,6-8H2,1H3. The van der Waals surface area contributed by atoms with Crippen molar-refractivity contribution in [1.29, 1.82) is 0 Å². The van der Waals surface area contributed by atoms with Crippen LogP contribution in [0.1, 0.15) is 12.5 Å². The number of hydrogen-bond donors (Lipinski definition) is 1. The van der Waals surface area contributed by atoms with Gasteiger partial charge in [0.05, 0.1) is 5.02 Å². The molecule has 0 amide bonds. The summed E-state index contributed by atoms with van der Waals surface area (Å²) in [6.07, 6.45) is 0. The molecule has 1 aromatic carbocycles. The maximum atomic E-state index is 6.09. The molecule has 0 unspecified atom stereocenters. The fraction of sp³-hybridized carbons (Fsp3) is 0.500. The molecule has 16 heavy (non-hydrogen) atoms. The lowest BCUT2D eigenvalue weighted by molar-refractivity contribution is 0.145. The van der Waals surface area contributed by atoms with E-state index in [1.54, 1.807) is 0 Å². The van der Waals surface area contributed by atoms with Gasteiger partial charge in [-0.05, 0) is 40.2 Å². The predicted molar refractivity (Wildman–Crippen MR) is 71.9 cm³/mol. The number of likely N-dealkylation sites (N-methyl/N-ethyl adjacent to an activating group) is 1. The van der Waals surface area contributed by atoms with Gasteiger partial charge in [-0.1, -0.05) is 24.6 Å². The van der Waals surface area contributed by atoms with Gasteiger partial charge >= 0.3 is 0 Å². The molecule has 1 aliphatic heterocycles. The normalized spacial score (nSPS) is 16.5. The average Bonchev–Trinajstić information content (AvgIpc) is 2.20. The molecule has 88 valence electrons. The van der Waals surface area contributed by atoms with Crippen LogP contribution >= 0.6 is 27.5 Å². The molecule has 2 nitrogen and oxygen atoms in total. The quantitative estimate of drug-likeness (QED) is 0.920. The molecule has 1 N–H and O–H groups in total. The summed E-state index contributed by atoms with van der Waals surface area (Å²) in [5.74, 6) is 0. The van der Waals surface area contributed by atoms with E-state index in [0.717, 1.165) is 35.7 Å². The third kappa shape index (κ3) is 2.77. The summed E-state index contributed by atoms with van der Waals surface area (Å²) < 4.78 is 0.964. The molecule has 0 spiro atoms. The summed E-state index contributed by atoms with van der Waals surface area (Å²) in [6.45, 7) is 6.49. The lowest BCUT2D eigenvalue weighted by Crippen LogP contribution is -2.56. The minimum Gasteiger partial charge on any atom is -0.314 e. The van der Waals surface area contributed by atoms with E-state index in [4.69, 9.17) is 11.6 Å². The molecule has 0 atom stereocenters. The van der Waals surface area contributed by atoms with Gasteiger partial charge < -0.3 is 5.32 Å². The summed E-state index contributed by atoms with van der Waals surface area (Å²) >= 11 is 9.50. The van der Waals surface area contributed by atoms with E-state index in [0.29, 0.717) is 6.04 Å². The fourth-order valence-corrected chi connectivity index (χ4v) is 2.35. The molecule has 1 aromatic rings. The lowest BCUT2D eigenvalue weighted by atomic mass is 10.1. The molecule has 0 radical (unpaired) electrons. The van der Waals surface area contributed by atoms with Crippen molar-refractivity contribution >= 4 is 27.5 Å². The molecule has 1 fully saturated rings. The van der Waals surface area contributed by atoms with Gasteiger partial charge in [0.2, 0.25) is 0 Å². The Balaban J connectivity index is 2.03. The Kier molecular flexibility index (Phi) is 4.25. The topological polar surface area (TPSA) is 15.3 Å². The van der Waals surface area contributed by atoms with Gasteiger partial charge in [0.15, 0.2) is 0 Å². The van der Waals surface area contributed by atoms with Gasteiger partial charge in [-0.2, -0.15) is 0 Å². The smallest absolute Gasteiger partial charge is 0.0551 e. The Morgan fingerprint density at radius 1 is 1.50 bits per heavy atom. The lowest BCUT2D eigenvalue weighted by Gasteiger charge is -2.37. The molecule has 1 aliphatic rings. The summed E-state index contributed by atoms with van der Waals surface area (Å²) in [6, 6.07) is 6.88. The van der Waals surface area contributed by atoms with Gasteiger partial charge in [0.25, 0.3) is 0 Å². The first-order chi connectivity index (χ1) is 7.70. The van der Waals surface area contributed by atoms with Crippen LogP contribution in [-0.2, 0) is 6.54 Å². The number of benzene rings is 1. The fourth-order valence-electron chi connectivity index (χ4n) is 1.90. The predicted octanol–water partition coefficient (Wildman–Crippen LogP) is 2.90. The van der Waals surface area contributed by atoms with Gasteiger partial charge in [-0.15, -0.1) is 0 Å². The SMILES string of the molecule is CCN(Cc1ccc(Br)c(Cl)c1)C1CNC1. The number of nitrogens with zero attached hydrogens (tertiary/aromatic N) is 1. The molecule has 2 rings (SSSR count). The first kappa shape index (κ1) is 12.4. The van der Waals surface area contributed by atoms with E-state index in [1.165, 1.54) is 5.56 Å². The number of halogens is 2. The van der Waals surface area contributed by atoms with Crippen molar-refractivity contribution in [2.75, 3.05) is 19.6 Å². The highest BCUT2D eigenvalue weighted by Crippen LogP contribution is 2.24. The number of rotatable bonds is 4. The van der Waals surface area contributed by atoms with Crippen LogP contribution in [0.2, 0.25) is 5.02 Å². The zero-order valence-electron chi connectivity index (χ0n) is 9.34. The maximum Gasteiger partial charge on any atom is 0.0551 e. The van der Waals surface area contributed by atoms with Crippen LogP contribution in [0.15, 0.2) is 22.7 Å². The average molecular weight is 304 g/mol. The van der Waals surface area contributed by atoms with Crippen LogP contribution in [0.5, 0.6) is 0 Å². The van der Waals surface area contributed by atoms with E-state index < -0.39 is 0 Å². The van der Waals surface area contributed by atoms with Crippen LogP contribution in [0.25, 0.3) is 0 Å². The van der Waals surface area contributed by atoms with Crippen LogP contribution in [-0.4, -0.2) is 30.6 Å².